The van der Waals surface area contributed by atoms with Gasteiger partial charge in [-0.25, -0.2) is 0 Å². The summed E-state index contributed by atoms with van der Waals surface area (Å²) >= 11 is 6.17. The molecule has 1 heterocycles. The number of likely N-dealkylation sites (N-methyl/N-ethyl adjacent to an activating group) is 2. The van der Waals surface area contributed by atoms with Gasteiger partial charge in [-0.05, 0) is 67.7 Å². The number of rotatable bonds is 8. The highest BCUT2D eigenvalue weighted by atomic mass is 35.5. The predicted octanol–water partition coefficient (Wildman–Crippen LogP) is 4.43. The lowest BCUT2D eigenvalue weighted by atomic mass is 9.98. The molecule has 1 aliphatic heterocycles. The van der Waals surface area contributed by atoms with Crippen molar-refractivity contribution in [1.82, 2.24) is 10.2 Å². The normalized spacial score (nSPS) is 13.6. The Kier molecular flexibility index (Phi) is 8.14. The maximum Gasteiger partial charge on any atom is 0.258 e. The average molecular weight is 532 g/mol. The number of carbonyl (C=O) groups excluding carboxylic acids is 3. The van der Waals surface area contributed by atoms with E-state index < -0.39 is 0 Å². The molecule has 0 saturated heterocycles. The first-order valence-corrected chi connectivity index (χ1v) is 12.5. The SMILES string of the molecule is CC(=O)NCc1cccc(C(Nc2ccc(N(C)C(=O)CN(C)C)cc2)=C2C(=O)Nc3cc(Cl)ccc32)c1. The topological polar surface area (TPSA) is 93.8 Å². The molecular weight excluding hydrogens is 502 g/mol. The van der Waals surface area contributed by atoms with Crippen molar-refractivity contribution in [1.29, 1.82) is 0 Å². The first-order chi connectivity index (χ1) is 18.1. The molecule has 0 aliphatic carbocycles. The number of nitrogens with one attached hydrogen (secondary N) is 3. The van der Waals surface area contributed by atoms with Crippen LogP contribution in [0.15, 0.2) is 66.7 Å². The van der Waals surface area contributed by atoms with E-state index in [0.29, 0.717) is 35.1 Å². The van der Waals surface area contributed by atoms with E-state index >= 15 is 0 Å². The summed E-state index contributed by atoms with van der Waals surface area (Å²) in [5.74, 6) is -0.391. The maximum atomic E-state index is 13.2. The van der Waals surface area contributed by atoms with Crippen molar-refractivity contribution in [3.63, 3.8) is 0 Å². The monoisotopic (exact) mass is 531 g/mol. The molecule has 0 bridgehead atoms. The zero-order chi connectivity index (χ0) is 27.4. The lowest BCUT2D eigenvalue weighted by molar-refractivity contribution is -0.119. The van der Waals surface area contributed by atoms with Crippen molar-refractivity contribution in [2.24, 2.45) is 0 Å². The fourth-order valence-corrected chi connectivity index (χ4v) is 4.34. The highest BCUT2D eigenvalue weighted by Crippen LogP contribution is 2.39. The second-order valence-corrected chi connectivity index (χ2v) is 9.80. The number of halogens is 1. The quantitative estimate of drug-likeness (QED) is 0.374. The van der Waals surface area contributed by atoms with E-state index in [9.17, 15) is 14.4 Å². The zero-order valence-corrected chi connectivity index (χ0v) is 22.5. The maximum absolute atomic E-state index is 13.2. The number of amides is 3. The number of nitrogens with zero attached hydrogens (tertiary/aromatic N) is 2. The molecule has 38 heavy (non-hydrogen) atoms. The molecule has 3 amide bonds. The predicted molar refractivity (Wildman–Crippen MR) is 153 cm³/mol. The Hall–Kier alpha value is -4.14. The third-order valence-electron chi connectivity index (χ3n) is 6.08. The van der Waals surface area contributed by atoms with Crippen LogP contribution in [0.5, 0.6) is 0 Å². The van der Waals surface area contributed by atoms with Crippen molar-refractivity contribution in [2.45, 2.75) is 13.5 Å². The Morgan fingerprint density at radius 1 is 0.974 bits per heavy atom. The molecule has 0 aromatic heterocycles. The number of fused-ring (bicyclic) bond motifs is 1. The van der Waals surface area contributed by atoms with Gasteiger partial charge in [0, 0.05) is 42.5 Å². The van der Waals surface area contributed by atoms with Gasteiger partial charge >= 0.3 is 0 Å². The van der Waals surface area contributed by atoms with Crippen LogP contribution in [0.4, 0.5) is 17.1 Å². The molecule has 3 aromatic rings. The summed E-state index contributed by atoms with van der Waals surface area (Å²) in [5, 5.41) is 9.67. The second kappa shape index (κ2) is 11.5. The third kappa shape index (κ3) is 6.22. The molecule has 0 atom stereocenters. The number of hydrogen-bond donors (Lipinski definition) is 3. The Morgan fingerprint density at radius 3 is 2.39 bits per heavy atom. The molecule has 3 aromatic carbocycles. The smallest absolute Gasteiger partial charge is 0.258 e. The molecule has 0 fully saturated rings. The fraction of sp³-hybridized carbons (Fsp3) is 0.207. The van der Waals surface area contributed by atoms with Crippen LogP contribution in [0.2, 0.25) is 5.02 Å². The van der Waals surface area contributed by atoms with E-state index in [1.807, 2.05) is 73.6 Å². The van der Waals surface area contributed by atoms with Gasteiger partial charge in [-0.3, -0.25) is 14.4 Å². The lowest BCUT2D eigenvalue weighted by Crippen LogP contribution is -2.34. The largest absolute Gasteiger partial charge is 0.354 e. The van der Waals surface area contributed by atoms with Gasteiger partial charge in [0.15, 0.2) is 0 Å². The first-order valence-electron chi connectivity index (χ1n) is 12.1. The van der Waals surface area contributed by atoms with Crippen molar-refractivity contribution in [2.75, 3.05) is 43.2 Å². The summed E-state index contributed by atoms with van der Waals surface area (Å²) in [6, 6.07) is 20.4. The van der Waals surface area contributed by atoms with Crippen LogP contribution in [-0.4, -0.2) is 50.3 Å². The van der Waals surface area contributed by atoms with Crippen LogP contribution in [0.3, 0.4) is 0 Å². The zero-order valence-electron chi connectivity index (χ0n) is 21.8. The van der Waals surface area contributed by atoms with E-state index in [-0.39, 0.29) is 17.7 Å². The van der Waals surface area contributed by atoms with Gasteiger partial charge in [0.1, 0.15) is 0 Å². The Morgan fingerprint density at radius 2 is 1.71 bits per heavy atom. The molecule has 0 saturated carbocycles. The first kappa shape index (κ1) is 26.9. The minimum absolute atomic E-state index is 0.0209. The van der Waals surface area contributed by atoms with Gasteiger partial charge in [0.25, 0.3) is 5.91 Å². The van der Waals surface area contributed by atoms with E-state index in [4.69, 9.17) is 11.6 Å². The van der Waals surface area contributed by atoms with Crippen molar-refractivity contribution in [3.8, 4) is 0 Å². The summed E-state index contributed by atoms with van der Waals surface area (Å²) in [4.78, 5) is 40.5. The highest BCUT2D eigenvalue weighted by Gasteiger charge is 2.29. The van der Waals surface area contributed by atoms with Crippen LogP contribution in [0.1, 0.15) is 23.6 Å². The molecular formula is C29H30ClN5O3. The standard InChI is InChI=1S/C29H30ClN5O3/c1-18(36)31-16-19-6-5-7-20(14-19)28(27-24-13-8-21(30)15-25(24)33-29(27)38)32-22-9-11-23(12-10-22)35(4)26(37)17-34(2)3/h5-15,32H,16-17H2,1-4H3,(H,31,36)(H,33,38). The number of anilines is 3. The number of hydrogen-bond acceptors (Lipinski definition) is 5. The van der Waals surface area contributed by atoms with Gasteiger partial charge in [-0.2, -0.15) is 0 Å². The minimum Gasteiger partial charge on any atom is -0.354 e. The summed E-state index contributed by atoms with van der Waals surface area (Å²) in [7, 11) is 5.45. The average Bonchev–Trinajstić information content (AvgIpc) is 3.20. The second-order valence-electron chi connectivity index (χ2n) is 9.37. The Bertz CT molecular complexity index is 1420. The van der Waals surface area contributed by atoms with E-state index in [2.05, 4.69) is 16.0 Å². The van der Waals surface area contributed by atoms with Crippen LogP contribution >= 0.6 is 11.6 Å². The summed E-state index contributed by atoms with van der Waals surface area (Å²) in [6.45, 7) is 2.14. The van der Waals surface area contributed by atoms with E-state index in [0.717, 1.165) is 28.1 Å². The van der Waals surface area contributed by atoms with Crippen LogP contribution in [0.25, 0.3) is 11.3 Å². The van der Waals surface area contributed by atoms with Crippen molar-refractivity contribution in [3.05, 3.63) is 88.4 Å². The molecule has 196 valence electrons. The Balaban J connectivity index is 1.73. The minimum atomic E-state index is -0.248. The van der Waals surface area contributed by atoms with Gasteiger partial charge in [0.05, 0.1) is 23.5 Å². The van der Waals surface area contributed by atoms with Crippen molar-refractivity contribution < 1.29 is 14.4 Å². The van der Waals surface area contributed by atoms with E-state index in [1.165, 1.54) is 6.92 Å². The molecule has 0 radical (unpaired) electrons. The molecule has 8 nitrogen and oxygen atoms in total. The molecule has 0 spiro atoms. The Labute approximate surface area is 227 Å². The third-order valence-corrected chi connectivity index (χ3v) is 6.32. The summed E-state index contributed by atoms with van der Waals surface area (Å²) < 4.78 is 0. The highest BCUT2D eigenvalue weighted by molar-refractivity contribution is 6.38. The van der Waals surface area contributed by atoms with Crippen LogP contribution in [-0.2, 0) is 20.9 Å². The molecule has 1 aliphatic rings. The number of benzene rings is 3. The van der Waals surface area contributed by atoms with Gasteiger partial charge < -0.3 is 25.8 Å². The van der Waals surface area contributed by atoms with Crippen LogP contribution in [0, 0.1) is 0 Å². The molecule has 3 N–H and O–H groups in total. The number of carbonyl (C=O) groups is 3. The van der Waals surface area contributed by atoms with Crippen molar-refractivity contribution >= 4 is 57.7 Å². The van der Waals surface area contributed by atoms with Gasteiger partial charge in [-0.1, -0.05) is 35.9 Å². The summed E-state index contributed by atoms with van der Waals surface area (Å²) in [6.07, 6.45) is 0. The van der Waals surface area contributed by atoms with Gasteiger partial charge in [-0.15, -0.1) is 0 Å². The van der Waals surface area contributed by atoms with Gasteiger partial charge in [0.2, 0.25) is 11.8 Å². The fourth-order valence-electron chi connectivity index (χ4n) is 4.17. The molecule has 0 unspecified atom stereocenters. The van der Waals surface area contributed by atoms with E-state index in [1.54, 1.807) is 24.1 Å². The molecule has 9 heteroatoms. The molecule has 4 rings (SSSR count). The lowest BCUT2D eigenvalue weighted by Gasteiger charge is -2.20. The summed E-state index contributed by atoms with van der Waals surface area (Å²) in [5.41, 5.74) is 5.64. The van der Waals surface area contributed by atoms with Crippen LogP contribution < -0.4 is 20.9 Å².